The van der Waals surface area contributed by atoms with Crippen molar-refractivity contribution in [2.75, 3.05) is 6.86 Å². The van der Waals surface area contributed by atoms with E-state index in [1.54, 1.807) is 12.1 Å². The van der Waals surface area contributed by atoms with Crippen LogP contribution in [0.25, 0.3) is 0 Å². The highest BCUT2D eigenvalue weighted by Crippen LogP contribution is 2.44. The maximum atomic E-state index is 14.0. The van der Waals surface area contributed by atoms with Gasteiger partial charge in [-0.2, -0.15) is 0 Å². The third-order valence-corrected chi connectivity index (χ3v) is 7.18. The summed E-state index contributed by atoms with van der Waals surface area (Å²) in [6, 6.07) is 5.05. The van der Waals surface area contributed by atoms with E-state index in [0.29, 0.717) is 5.92 Å². The van der Waals surface area contributed by atoms with Crippen LogP contribution in [-0.4, -0.2) is 6.86 Å². The molecule has 152 valence electrons. The van der Waals surface area contributed by atoms with E-state index in [1.807, 2.05) is 6.07 Å². The lowest BCUT2D eigenvalue weighted by Gasteiger charge is -2.38. The number of benzene rings is 1. The molecule has 0 unspecified atom stereocenters. The van der Waals surface area contributed by atoms with Crippen molar-refractivity contribution in [3.8, 4) is 5.75 Å². The van der Waals surface area contributed by atoms with Crippen molar-refractivity contribution < 1.29 is 13.5 Å². The van der Waals surface area contributed by atoms with Crippen LogP contribution < -0.4 is 4.74 Å². The van der Waals surface area contributed by atoms with Gasteiger partial charge in [0.25, 0.3) is 0 Å². The summed E-state index contributed by atoms with van der Waals surface area (Å²) in [5.41, 5.74) is 1.05. The normalized spacial score (nSPS) is 28.9. The number of unbranched alkanes of at least 4 members (excludes halogenated alkanes) is 2. The van der Waals surface area contributed by atoms with E-state index in [0.717, 1.165) is 36.2 Å². The Morgan fingerprint density at radius 1 is 0.926 bits per heavy atom. The van der Waals surface area contributed by atoms with Gasteiger partial charge in [0.2, 0.25) is 6.86 Å². The van der Waals surface area contributed by atoms with Crippen molar-refractivity contribution in [2.45, 2.75) is 89.9 Å². The lowest BCUT2D eigenvalue weighted by molar-refractivity contribution is 0.155. The second kappa shape index (κ2) is 10.4. The number of hydrogen-bond donors (Lipinski definition) is 0. The van der Waals surface area contributed by atoms with Crippen molar-refractivity contribution in [1.29, 1.82) is 0 Å². The summed E-state index contributed by atoms with van der Waals surface area (Å²) in [7, 11) is 0. The van der Waals surface area contributed by atoms with Gasteiger partial charge in [-0.15, -0.1) is 0 Å². The molecule has 0 radical (unpaired) electrons. The van der Waals surface area contributed by atoms with Gasteiger partial charge in [0.05, 0.1) is 0 Å². The molecule has 2 aliphatic carbocycles. The van der Waals surface area contributed by atoms with Crippen LogP contribution in [0.4, 0.5) is 8.78 Å². The molecule has 3 heteroatoms. The van der Waals surface area contributed by atoms with Crippen molar-refractivity contribution in [2.24, 2.45) is 17.8 Å². The molecule has 0 aliphatic heterocycles. The molecule has 2 fully saturated rings. The van der Waals surface area contributed by atoms with E-state index in [1.165, 1.54) is 64.2 Å². The van der Waals surface area contributed by atoms with Crippen LogP contribution in [0, 0.1) is 23.6 Å². The molecule has 2 aliphatic rings. The first kappa shape index (κ1) is 20.6. The maximum Gasteiger partial charge on any atom is 0.228 e. The lowest BCUT2D eigenvalue weighted by Crippen LogP contribution is -2.25. The molecule has 2 saturated carbocycles. The standard InChI is InChI=1S/C24H36F2O/c1-2-3-4-5-18-6-8-19(9-7-18)20-10-12-21(13-11-20)22-14-15-24(27-17-25)23(26)16-22/h14-16,18-21H,2-13,17H2,1H3. The average molecular weight is 379 g/mol. The lowest BCUT2D eigenvalue weighted by atomic mass is 9.68. The van der Waals surface area contributed by atoms with Gasteiger partial charge in [-0.25, -0.2) is 8.78 Å². The van der Waals surface area contributed by atoms with Crippen LogP contribution >= 0.6 is 0 Å². The van der Waals surface area contributed by atoms with Gasteiger partial charge < -0.3 is 4.74 Å². The van der Waals surface area contributed by atoms with Crippen molar-refractivity contribution in [1.82, 2.24) is 0 Å². The fourth-order valence-electron chi connectivity index (χ4n) is 5.50. The van der Waals surface area contributed by atoms with Crippen molar-refractivity contribution >= 4 is 0 Å². The highest BCUT2D eigenvalue weighted by Gasteiger charge is 2.31. The van der Waals surface area contributed by atoms with Gasteiger partial charge in [-0.1, -0.05) is 51.5 Å². The van der Waals surface area contributed by atoms with Gasteiger partial charge in [-0.05, 0) is 79.9 Å². The molecule has 1 aromatic rings. The Morgan fingerprint density at radius 3 is 2.19 bits per heavy atom. The fourth-order valence-corrected chi connectivity index (χ4v) is 5.50. The van der Waals surface area contributed by atoms with E-state index >= 15 is 0 Å². The Morgan fingerprint density at radius 2 is 1.59 bits per heavy atom. The van der Waals surface area contributed by atoms with Crippen LogP contribution in [0.5, 0.6) is 5.75 Å². The second-order valence-corrected chi connectivity index (χ2v) is 8.83. The van der Waals surface area contributed by atoms with E-state index in [9.17, 15) is 8.78 Å². The minimum atomic E-state index is -0.984. The van der Waals surface area contributed by atoms with Crippen molar-refractivity contribution in [3.63, 3.8) is 0 Å². The Labute approximate surface area is 163 Å². The van der Waals surface area contributed by atoms with Gasteiger partial charge in [-0.3, -0.25) is 0 Å². The summed E-state index contributed by atoms with van der Waals surface area (Å²) in [6.45, 7) is 1.30. The smallest absolute Gasteiger partial charge is 0.228 e. The molecule has 1 aromatic carbocycles. The molecular formula is C24H36F2O. The predicted molar refractivity (Wildman–Crippen MR) is 107 cm³/mol. The Kier molecular flexibility index (Phi) is 7.96. The molecule has 0 N–H and O–H groups in total. The predicted octanol–water partition coefficient (Wildman–Crippen LogP) is 7.79. The molecule has 0 saturated heterocycles. The third-order valence-electron chi connectivity index (χ3n) is 7.18. The van der Waals surface area contributed by atoms with E-state index < -0.39 is 12.7 Å². The molecule has 0 aromatic heterocycles. The van der Waals surface area contributed by atoms with Crippen LogP contribution in [0.3, 0.4) is 0 Å². The zero-order valence-corrected chi connectivity index (χ0v) is 16.9. The molecule has 0 atom stereocenters. The monoisotopic (exact) mass is 378 g/mol. The van der Waals surface area contributed by atoms with Gasteiger partial charge in [0.1, 0.15) is 0 Å². The van der Waals surface area contributed by atoms with Gasteiger partial charge in [0, 0.05) is 0 Å². The molecule has 27 heavy (non-hydrogen) atoms. The van der Waals surface area contributed by atoms with Crippen molar-refractivity contribution in [3.05, 3.63) is 29.6 Å². The van der Waals surface area contributed by atoms with E-state index in [-0.39, 0.29) is 5.75 Å². The summed E-state index contributed by atoms with van der Waals surface area (Å²) >= 11 is 0. The van der Waals surface area contributed by atoms with E-state index in [2.05, 4.69) is 11.7 Å². The largest absolute Gasteiger partial charge is 0.460 e. The molecule has 0 spiro atoms. The third kappa shape index (κ3) is 5.68. The van der Waals surface area contributed by atoms with Crippen LogP contribution in [-0.2, 0) is 0 Å². The number of ether oxygens (including phenoxy) is 1. The minimum absolute atomic E-state index is 0.0191. The number of rotatable bonds is 8. The summed E-state index contributed by atoms with van der Waals surface area (Å²) < 4.78 is 30.9. The number of halogens is 2. The average Bonchev–Trinajstić information content (AvgIpc) is 2.71. The summed E-state index contributed by atoms with van der Waals surface area (Å²) in [5.74, 6) is 2.80. The highest BCUT2D eigenvalue weighted by atomic mass is 19.1. The summed E-state index contributed by atoms with van der Waals surface area (Å²) in [5, 5.41) is 0. The Hall–Kier alpha value is -1.12. The molecule has 0 heterocycles. The first-order valence-corrected chi connectivity index (χ1v) is 11.2. The zero-order chi connectivity index (χ0) is 19.1. The van der Waals surface area contributed by atoms with Crippen LogP contribution in [0.2, 0.25) is 0 Å². The van der Waals surface area contributed by atoms with Gasteiger partial charge in [0.15, 0.2) is 11.6 Å². The SMILES string of the molecule is CCCCCC1CCC(C2CCC(c3ccc(OCF)c(F)c3)CC2)CC1. The number of hydrogen-bond acceptors (Lipinski definition) is 1. The second-order valence-electron chi connectivity index (χ2n) is 8.83. The van der Waals surface area contributed by atoms with Crippen LogP contribution in [0.15, 0.2) is 18.2 Å². The zero-order valence-electron chi connectivity index (χ0n) is 16.9. The topological polar surface area (TPSA) is 9.23 Å². The highest BCUT2D eigenvalue weighted by molar-refractivity contribution is 5.31. The molecule has 1 nitrogen and oxygen atoms in total. The quantitative estimate of drug-likeness (QED) is 0.419. The first-order valence-electron chi connectivity index (χ1n) is 11.2. The first-order chi connectivity index (χ1) is 13.2. The maximum absolute atomic E-state index is 14.0. The number of alkyl halides is 1. The van der Waals surface area contributed by atoms with E-state index in [4.69, 9.17) is 0 Å². The summed E-state index contributed by atoms with van der Waals surface area (Å²) in [4.78, 5) is 0. The molecule has 3 rings (SSSR count). The minimum Gasteiger partial charge on any atom is -0.460 e. The summed E-state index contributed by atoms with van der Waals surface area (Å²) in [6.07, 6.45) is 16.2. The molecule has 0 bridgehead atoms. The van der Waals surface area contributed by atoms with Gasteiger partial charge >= 0.3 is 0 Å². The molecule has 0 amide bonds. The van der Waals surface area contributed by atoms with Crippen LogP contribution in [0.1, 0.15) is 95.5 Å². The molecular weight excluding hydrogens is 342 g/mol. The fraction of sp³-hybridized carbons (Fsp3) is 0.750. The Balaban J connectivity index is 1.43. The Bertz CT molecular complexity index is 557.